The van der Waals surface area contributed by atoms with Crippen molar-refractivity contribution in [3.63, 3.8) is 0 Å². The monoisotopic (exact) mass is 193 g/mol. The molecule has 0 aromatic carbocycles. The summed E-state index contributed by atoms with van der Waals surface area (Å²) in [5, 5.41) is 2.82. The average Bonchev–Trinajstić information content (AvgIpc) is 2.02. The van der Waals surface area contributed by atoms with Crippen molar-refractivity contribution in [1.29, 1.82) is 0 Å². The zero-order chi connectivity index (χ0) is 9.03. The van der Waals surface area contributed by atoms with Crippen LogP contribution in [0, 0.1) is 0 Å². The molecule has 1 saturated heterocycles. The van der Waals surface area contributed by atoms with E-state index < -0.39 is 9.84 Å². The van der Waals surface area contributed by atoms with Crippen molar-refractivity contribution in [2.24, 2.45) is 0 Å². The topological polar surface area (TPSA) is 55.4 Å². The molecule has 0 amide bonds. The van der Waals surface area contributed by atoms with Gasteiger partial charge in [-0.1, -0.05) is 0 Å². The molecule has 1 unspecified atom stereocenters. The Balaban J connectivity index is 2.49. The molecule has 4 nitrogen and oxygen atoms in total. The van der Waals surface area contributed by atoms with Crippen LogP contribution >= 0.6 is 0 Å². The number of ether oxygens (including phenoxy) is 1. The lowest BCUT2D eigenvalue weighted by atomic mass is 10.3. The molecule has 0 aromatic rings. The SMILES string of the molecule is COCCC1CNCCS1(=O)=O. The molecule has 0 aliphatic carbocycles. The van der Waals surface area contributed by atoms with Crippen LogP contribution in [-0.2, 0) is 14.6 Å². The number of hydrogen-bond acceptors (Lipinski definition) is 4. The first kappa shape index (κ1) is 9.95. The molecule has 1 atom stereocenters. The third kappa shape index (κ3) is 2.43. The Bertz CT molecular complexity index is 225. The fourth-order valence-corrected chi connectivity index (χ4v) is 2.89. The Hall–Kier alpha value is -0.130. The molecule has 1 heterocycles. The molecule has 5 heteroatoms. The van der Waals surface area contributed by atoms with Gasteiger partial charge in [0.1, 0.15) is 0 Å². The number of rotatable bonds is 3. The van der Waals surface area contributed by atoms with Crippen LogP contribution in [0.4, 0.5) is 0 Å². The molecule has 1 rings (SSSR count). The minimum atomic E-state index is -2.84. The lowest BCUT2D eigenvalue weighted by Gasteiger charge is -2.22. The maximum absolute atomic E-state index is 11.4. The third-order valence-corrected chi connectivity index (χ3v) is 4.28. The summed E-state index contributed by atoms with van der Waals surface area (Å²) in [7, 11) is -1.25. The third-order valence-electron chi connectivity index (χ3n) is 2.09. The van der Waals surface area contributed by atoms with Gasteiger partial charge in [-0.15, -0.1) is 0 Å². The summed E-state index contributed by atoms with van der Waals surface area (Å²) >= 11 is 0. The molecular formula is C7H15NO3S. The van der Waals surface area contributed by atoms with E-state index in [0.29, 0.717) is 26.1 Å². The number of methoxy groups -OCH3 is 1. The van der Waals surface area contributed by atoms with Gasteiger partial charge in [0.25, 0.3) is 0 Å². The summed E-state index contributed by atoms with van der Waals surface area (Å²) in [6.07, 6.45) is 0.603. The van der Waals surface area contributed by atoms with Gasteiger partial charge in [-0.2, -0.15) is 0 Å². The van der Waals surface area contributed by atoms with E-state index in [1.54, 1.807) is 7.11 Å². The van der Waals surface area contributed by atoms with E-state index in [4.69, 9.17) is 4.74 Å². The van der Waals surface area contributed by atoms with E-state index >= 15 is 0 Å². The minimum Gasteiger partial charge on any atom is -0.385 e. The van der Waals surface area contributed by atoms with E-state index in [1.807, 2.05) is 0 Å². The lowest BCUT2D eigenvalue weighted by molar-refractivity contribution is 0.192. The second kappa shape index (κ2) is 4.20. The van der Waals surface area contributed by atoms with Crippen molar-refractivity contribution in [3.05, 3.63) is 0 Å². The van der Waals surface area contributed by atoms with E-state index in [-0.39, 0.29) is 11.0 Å². The predicted octanol–water partition coefficient (Wildman–Crippen LogP) is -0.590. The molecule has 0 aromatic heterocycles. The van der Waals surface area contributed by atoms with Gasteiger partial charge in [0.2, 0.25) is 0 Å². The Morgan fingerprint density at radius 3 is 2.92 bits per heavy atom. The lowest BCUT2D eigenvalue weighted by Crippen LogP contribution is -2.44. The Kier molecular flexibility index (Phi) is 3.49. The van der Waals surface area contributed by atoms with E-state index in [0.717, 1.165) is 0 Å². The van der Waals surface area contributed by atoms with Gasteiger partial charge in [-0.05, 0) is 6.42 Å². The maximum atomic E-state index is 11.4. The van der Waals surface area contributed by atoms with Crippen LogP contribution in [0.3, 0.4) is 0 Å². The Labute approximate surface area is 73.2 Å². The van der Waals surface area contributed by atoms with Crippen LogP contribution in [0.1, 0.15) is 6.42 Å². The van der Waals surface area contributed by atoms with Gasteiger partial charge < -0.3 is 10.1 Å². The summed E-state index contributed by atoms with van der Waals surface area (Å²) in [5.74, 6) is 0.265. The smallest absolute Gasteiger partial charge is 0.155 e. The number of hydrogen-bond donors (Lipinski definition) is 1. The quantitative estimate of drug-likeness (QED) is 0.651. The van der Waals surface area contributed by atoms with Crippen molar-refractivity contribution >= 4 is 9.84 Å². The second-order valence-electron chi connectivity index (χ2n) is 2.97. The van der Waals surface area contributed by atoms with Crippen LogP contribution in [0.5, 0.6) is 0 Å². The molecule has 0 spiro atoms. The highest BCUT2D eigenvalue weighted by Crippen LogP contribution is 2.09. The Morgan fingerprint density at radius 2 is 2.33 bits per heavy atom. The van der Waals surface area contributed by atoms with Crippen molar-refractivity contribution < 1.29 is 13.2 Å². The normalized spacial score (nSPS) is 28.6. The standard InChI is InChI=1S/C7H15NO3S/c1-11-4-2-7-6-8-3-5-12(7,9)10/h7-8H,2-6H2,1H3. The predicted molar refractivity (Wildman–Crippen MR) is 46.9 cm³/mol. The van der Waals surface area contributed by atoms with E-state index in [9.17, 15) is 8.42 Å². The van der Waals surface area contributed by atoms with Crippen molar-refractivity contribution in [3.8, 4) is 0 Å². The fraction of sp³-hybridized carbons (Fsp3) is 1.00. The summed E-state index contributed by atoms with van der Waals surface area (Å²) in [5.41, 5.74) is 0. The van der Waals surface area contributed by atoms with E-state index in [2.05, 4.69) is 5.32 Å². The maximum Gasteiger partial charge on any atom is 0.155 e. The highest BCUT2D eigenvalue weighted by molar-refractivity contribution is 7.92. The zero-order valence-electron chi connectivity index (χ0n) is 7.25. The first-order chi connectivity index (χ1) is 5.67. The van der Waals surface area contributed by atoms with Gasteiger partial charge in [0, 0.05) is 26.8 Å². The van der Waals surface area contributed by atoms with Crippen molar-refractivity contribution in [2.45, 2.75) is 11.7 Å². The first-order valence-corrected chi connectivity index (χ1v) is 5.79. The van der Waals surface area contributed by atoms with Crippen LogP contribution < -0.4 is 5.32 Å². The summed E-state index contributed by atoms with van der Waals surface area (Å²) in [4.78, 5) is 0. The number of nitrogens with one attached hydrogen (secondary N) is 1. The Morgan fingerprint density at radius 1 is 1.58 bits per heavy atom. The highest BCUT2D eigenvalue weighted by Gasteiger charge is 2.27. The largest absolute Gasteiger partial charge is 0.385 e. The highest BCUT2D eigenvalue weighted by atomic mass is 32.2. The van der Waals surface area contributed by atoms with Crippen LogP contribution in [-0.4, -0.2) is 46.2 Å². The molecule has 1 aliphatic heterocycles. The average molecular weight is 193 g/mol. The van der Waals surface area contributed by atoms with Gasteiger partial charge in [-0.25, -0.2) is 8.42 Å². The van der Waals surface area contributed by atoms with Gasteiger partial charge in [0.05, 0.1) is 11.0 Å². The van der Waals surface area contributed by atoms with Crippen LogP contribution in [0.25, 0.3) is 0 Å². The summed E-state index contributed by atoms with van der Waals surface area (Å²) in [6, 6.07) is 0. The minimum absolute atomic E-state index is 0.244. The van der Waals surface area contributed by atoms with Crippen LogP contribution in [0.2, 0.25) is 0 Å². The zero-order valence-corrected chi connectivity index (χ0v) is 8.06. The molecule has 1 N–H and O–H groups in total. The summed E-state index contributed by atoms with van der Waals surface area (Å²) in [6.45, 7) is 1.68. The molecule has 0 bridgehead atoms. The fourth-order valence-electron chi connectivity index (χ4n) is 1.30. The molecule has 1 fully saturated rings. The molecule has 12 heavy (non-hydrogen) atoms. The van der Waals surface area contributed by atoms with Gasteiger partial charge >= 0.3 is 0 Å². The molecular weight excluding hydrogens is 178 g/mol. The molecule has 1 aliphatic rings. The first-order valence-electron chi connectivity index (χ1n) is 4.08. The van der Waals surface area contributed by atoms with Crippen LogP contribution in [0.15, 0.2) is 0 Å². The van der Waals surface area contributed by atoms with Crippen molar-refractivity contribution in [1.82, 2.24) is 5.32 Å². The molecule has 0 saturated carbocycles. The number of sulfone groups is 1. The van der Waals surface area contributed by atoms with Gasteiger partial charge in [0.15, 0.2) is 9.84 Å². The van der Waals surface area contributed by atoms with E-state index in [1.165, 1.54) is 0 Å². The van der Waals surface area contributed by atoms with Crippen molar-refractivity contribution in [2.75, 3.05) is 32.6 Å². The molecule has 0 radical (unpaired) electrons. The second-order valence-corrected chi connectivity index (χ2v) is 5.38. The van der Waals surface area contributed by atoms with Gasteiger partial charge in [-0.3, -0.25) is 0 Å². The molecule has 72 valence electrons. The summed E-state index contributed by atoms with van der Waals surface area (Å²) < 4.78 is 27.6.